The molecular weight excluding hydrogens is 291 g/mol. The molecule has 0 aliphatic rings. The number of hydrogen-bond acceptors (Lipinski definition) is 3. The highest BCUT2D eigenvalue weighted by molar-refractivity contribution is 9.10. The van der Waals surface area contributed by atoms with Crippen molar-refractivity contribution in [1.29, 1.82) is 0 Å². The number of esters is 1. The summed E-state index contributed by atoms with van der Waals surface area (Å²) in [5.74, 6) is -1.76. The Labute approximate surface area is 97.8 Å². The topological polar surface area (TPSA) is 39.2 Å². The van der Waals surface area contributed by atoms with E-state index < -0.39 is 23.9 Å². The van der Waals surface area contributed by atoms with Crippen LogP contribution in [-0.2, 0) is 16.0 Å². The number of pyridine rings is 1. The van der Waals surface area contributed by atoms with Crippen molar-refractivity contribution in [3.63, 3.8) is 0 Å². The number of methoxy groups -OCH3 is 1. The second-order valence-electron chi connectivity index (χ2n) is 2.85. The smallest absolute Gasteiger partial charge is 0.310 e. The molecule has 88 valence electrons. The lowest BCUT2D eigenvalue weighted by molar-refractivity contribution is -0.139. The zero-order chi connectivity index (χ0) is 12.3. The molecule has 1 heterocycles. The van der Waals surface area contributed by atoms with E-state index in [1.165, 1.54) is 7.11 Å². The minimum absolute atomic E-state index is 0.161. The maximum absolute atomic E-state index is 13.3. The molecule has 0 atom stereocenters. The number of carbonyl (C=O) groups is 1. The molecule has 16 heavy (non-hydrogen) atoms. The molecule has 1 aromatic heterocycles. The quantitative estimate of drug-likeness (QED) is 0.805. The average Bonchev–Trinajstić information content (AvgIpc) is 2.24. The van der Waals surface area contributed by atoms with E-state index in [1.807, 2.05) is 0 Å². The lowest BCUT2D eigenvalue weighted by Crippen LogP contribution is -2.08. The van der Waals surface area contributed by atoms with E-state index in [1.54, 1.807) is 0 Å². The first-order valence-corrected chi connectivity index (χ1v) is 4.94. The number of alkyl halides is 2. The molecule has 0 spiro atoms. The van der Waals surface area contributed by atoms with Crippen LogP contribution in [0.2, 0.25) is 0 Å². The van der Waals surface area contributed by atoms with Gasteiger partial charge in [-0.05, 0) is 21.5 Å². The van der Waals surface area contributed by atoms with Crippen molar-refractivity contribution in [2.45, 2.75) is 12.8 Å². The molecule has 0 N–H and O–H groups in total. The summed E-state index contributed by atoms with van der Waals surface area (Å²) >= 11 is 2.80. The molecule has 0 aliphatic heterocycles. The van der Waals surface area contributed by atoms with Crippen LogP contribution in [0, 0.1) is 5.82 Å². The highest BCUT2D eigenvalue weighted by Gasteiger charge is 2.20. The zero-order valence-corrected chi connectivity index (χ0v) is 9.72. The van der Waals surface area contributed by atoms with Crippen LogP contribution in [0.25, 0.3) is 0 Å². The van der Waals surface area contributed by atoms with Gasteiger partial charge in [-0.1, -0.05) is 0 Å². The molecule has 1 rings (SSSR count). The number of carbonyl (C=O) groups excluding carboxylic acids is 1. The summed E-state index contributed by atoms with van der Waals surface area (Å²) in [6.07, 6.45) is -2.21. The van der Waals surface area contributed by atoms with Crippen molar-refractivity contribution in [1.82, 2.24) is 4.98 Å². The highest BCUT2D eigenvalue weighted by Crippen LogP contribution is 2.28. The highest BCUT2D eigenvalue weighted by atomic mass is 79.9. The van der Waals surface area contributed by atoms with E-state index in [2.05, 4.69) is 25.7 Å². The summed E-state index contributed by atoms with van der Waals surface area (Å²) in [4.78, 5) is 14.2. The van der Waals surface area contributed by atoms with Crippen molar-refractivity contribution in [3.8, 4) is 0 Å². The van der Waals surface area contributed by atoms with Gasteiger partial charge >= 0.3 is 5.97 Å². The van der Waals surface area contributed by atoms with Crippen LogP contribution in [0.3, 0.4) is 0 Å². The van der Waals surface area contributed by atoms with E-state index in [0.29, 0.717) is 0 Å². The molecule has 0 amide bonds. The number of nitrogens with zero attached hydrogens (tertiary/aromatic N) is 1. The van der Waals surface area contributed by atoms with Crippen LogP contribution < -0.4 is 0 Å². The molecule has 7 heteroatoms. The minimum atomic E-state index is -3.00. The normalized spacial score (nSPS) is 10.6. The summed E-state index contributed by atoms with van der Waals surface area (Å²) < 4.78 is 42.0. The van der Waals surface area contributed by atoms with E-state index >= 15 is 0 Å². The van der Waals surface area contributed by atoms with Gasteiger partial charge < -0.3 is 4.74 Å². The second-order valence-corrected chi connectivity index (χ2v) is 3.64. The zero-order valence-electron chi connectivity index (χ0n) is 8.14. The predicted molar refractivity (Wildman–Crippen MR) is 52.6 cm³/mol. The number of rotatable bonds is 3. The van der Waals surface area contributed by atoms with Crippen LogP contribution in [0.5, 0.6) is 0 Å². The van der Waals surface area contributed by atoms with E-state index in [9.17, 15) is 18.0 Å². The largest absolute Gasteiger partial charge is 0.469 e. The number of aromatic nitrogens is 1. The Kier molecular flexibility index (Phi) is 4.28. The summed E-state index contributed by atoms with van der Waals surface area (Å²) in [5, 5.41) is 0. The third-order valence-corrected chi connectivity index (χ3v) is 2.69. The minimum Gasteiger partial charge on any atom is -0.469 e. The van der Waals surface area contributed by atoms with E-state index in [0.717, 1.165) is 6.20 Å². The van der Waals surface area contributed by atoms with Gasteiger partial charge in [0.15, 0.2) is 5.82 Å². The third kappa shape index (κ3) is 2.72. The summed E-state index contributed by atoms with van der Waals surface area (Å²) in [5.41, 5.74) is -0.783. The third-order valence-electron chi connectivity index (χ3n) is 1.83. The molecule has 1 aromatic rings. The predicted octanol–water partition coefficient (Wildman–Crippen LogP) is 2.64. The van der Waals surface area contributed by atoms with E-state index in [-0.39, 0.29) is 16.5 Å². The van der Waals surface area contributed by atoms with Crippen LogP contribution in [0.4, 0.5) is 13.2 Å². The molecule has 0 radical (unpaired) electrons. The molecule has 3 nitrogen and oxygen atoms in total. The van der Waals surface area contributed by atoms with Gasteiger partial charge in [0.2, 0.25) is 0 Å². The maximum atomic E-state index is 13.3. The molecule has 0 unspecified atom stereocenters. The fourth-order valence-corrected chi connectivity index (χ4v) is 1.46. The van der Waals surface area contributed by atoms with Gasteiger partial charge in [0.05, 0.1) is 18.0 Å². The van der Waals surface area contributed by atoms with Crippen LogP contribution in [0.1, 0.15) is 17.7 Å². The van der Waals surface area contributed by atoms with Gasteiger partial charge in [-0.2, -0.15) is 0 Å². The van der Waals surface area contributed by atoms with Crippen molar-refractivity contribution in [2.75, 3.05) is 7.11 Å². The molecular formula is C9H7BrF3NO2. The molecule has 0 fully saturated rings. The Bertz CT molecular complexity index is 412. The molecule has 0 aromatic carbocycles. The van der Waals surface area contributed by atoms with Crippen molar-refractivity contribution < 1.29 is 22.7 Å². The van der Waals surface area contributed by atoms with Crippen molar-refractivity contribution in [3.05, 3.63) is 27.7 Å². The lowest BCUT2D eigenvalue weighted by Gasteiger charge is -2.07. The summed E-state index contributed by atoms with van der Waals surface area (Å²) in [6, 6.07) is 0. The van der Waals surface area contributed by atoms with Gasteiger partial charge in [-0.15, -0.1) is 0 Å². The first-order valence-electron chi connectivity index (χ1n) is 4.15. The van der Waals surface area contributed by atoms with Gasteiger partial charge in [0.25, 0.3) is 6.43 Å². The van der Waals surface area contributed by atoms with Crippen LogP contribution in [-0.4, -0.2) is 18.1 Å². The average molecular weight is 298 g/mol. The molecule has 0 saturated heterocycles. The first kappa shape index (κ1) is 13.0. The maximum Gasteiger partial charge on any atom is 0.310 e. The standard InChI is InChI=1S/C9H7BrF3NO2/c1-16-5(15)2-4-3-14-8(9(12)13)7(11)6(4)10/h3,9H,2H2,1H3. The number of hydrogen-bond donors (Lipinski definition) is 0. The van der Waals surface area contributed by atoms with Gasteiger partial charge in [-0.25, -0.2) is 13.2 Å². The molecule has 0 saturated carbocycles. The SMILES string of the molecule is COC(=O)Cc1cnc(C(F)F)c(F)c1Br. The molecule has 0 bridgehead atoms. The van der Waals surface area contributed by atoms with Gasteiger partial charge in [-0.3, -0.25) is 9.78 Å². The van der Waals surface area contributed by atoms with Gasteiger partial charge in [0.1, 0.15) is 5.69 Å². The van der Waals surface area contributed by atoms with Gasteiger partial charge in [0, 0.05) is 6.20 Å². The Morgan fingerprint density at radius 1 is 1.62 bits per heavy atom. The number of ether oxygens (including phenoxy) is 1. The summed E-state index contributed by atoms with van der Waals surface area (Å²) in [6.45, 7) is 0. The Balaban J connectivity index is 3.07. The lowest BCUT2D eigenvalue weighted by atomic mass is 10.2. The molecule has 0 aliphatic carbocycles. The Hall–Kier alpha value is -1.11. The fraction of sp³-hybridized carbons (Fsp3) is 0.333. The summed E-state index contributed by atoms with van der Waals surface area (Å²) in [7, 11) is 1.17. The van der Waals surface area contributed by atoms with Crippen LogP contribution in [0.15, 0.2) is 10.7 Å². The number of halogens is 4. The first-order chi connectivity index (χ1) is 7.47. The monoisotopic (exact) mass is 297 g/mol. The Morgan fingerprint density at radius 3 is 2.75 bits per heavy atom. The Morgan fingerprint density at radius 2 is 2.25 bits per heavy atom. The van der Waals surface area contributed by atoms with Crippen molar-refractivity contribution in [2.24, 2.45) is 0 Å². The van der Waals surface area contributed by atoms with Crippen molar-refractivity contribution >= 4 is 21.9 Å². The second kappa shape index (κ2) is 5.29. The fourth-order valence-electron chi connectivity index (χ4n) is 1.02. The van der Waals surface area contributed by atoms with E-state index in [4.69, 9.17) is 0 Å². The van der Waals surface area contributed by atoms with Crippen LogP contribution >= 0.6 is 15.9 Å².